The van der Waals surface area contributed by atoms with Crippen molar-refractivity contribution in [2.75, 3.05) is 32.1 Å². The van der Waals surface area contributed by atoms with Crippen LogP contribution in [0.25, 0.3) is 11.3 Å². The van der Waals surface area contributed by atoms with Crippen LogP contribution < -0.4 is 15.2 Å². The number of rotatable bonds is 6. The van der Waals surface area contributed by atoms with Gasteiger partial charge in [0.05, 0.1) is 25.4 Å². The monoisotopic (exact) mass is 463 g/mol. The Kier molecular flexibility index (Phi) is 5.55. The number of carbonyl (C=O) groups excluding carboxylic acids is 1. The Morgan fingerprint density at radius 3 is 2.56 bits per heavy atom. The molecule has 0 bridgehead atoms. The van der Waals surface area contributed by atoms with Crippen LogP contribution in [0.4, 0.5) is 10.3 Å². The van der Waals surface area contributed by atoms with Crippen LogP contribution in [0.15, 0.2) is 53.6 Å². The fraction of sp³-hybridized carbons (Fsp3) is 0.360. The Morgan fingerprint density at radius 1 is 1.21 bits per heavy atom. The van der Waals surface area contributed by atoms with Gasteiger partial charge in [-0.15, -0.1) is 0 Å². The first-order chi connectivity index (χ1) is 16.4. The van der Waals surface area contributed by atoms with Crippen LogP contribution in [-0.2, 0) is 18.3 Å². The number of likely N-dealkylation sites (tertiary alicyclic amines) is 1. The lowest BCUT2D eigenvalue weighted by atomic mass is 10.1. The van der Waals surface area contributed by atoms with Gasteiger partial charge >= 0.3 is 0 Å². The Hall–Kier alpha value is -3.75. The number of piperidine rings is 1. The summed E-state index contributed by atoms with van der Waals surface area (Å²) in [6.45, 7) is 1.36. The molecule has 1 aromatic carbocycles. The van der Waals surface area contributed by atoms with Crippen molar-refractivity contribution in [2.24, 2.45) is 18.9 Å². The predicted octanol–water partition coefficient (Wildman–Crippen LogP) is 2.13. The van der Waals surface area contributed by atoms with Crippen molar-refractivity contribution in [1.29, 1.82) is 0 Å². The van der Waals surface area contributed by atoms with Gasteiger partial charge in [0.1, 0.15) is 5.75 Å². The van der Waals surface area contributed by atoms with Gasteiger partial charge in [-0.2, -0.15) is 0 Å². The molecule has 3 atom stereocenters. The summed E-state index contributed by atoms with van der Waals surface area (Å²) in [5.41, 5.74) is 1.23. The number of amides is 1. The van der Waals surface area contributed by atoms with E-state index >= 15 is 0 Å². The van der Waals surface area contributed by atoms with Gasteiger partial charge in [0.2, 0.25) is 11.9 Å². The minimum absolute atomic E-state index is 0.111. The van der Waals surface area contributed by atoms with Gasteiger partial charge in [0.15, 0.2) is 5.82 Å². The Bertz CT molecular complexity index is 1280. The molecule has 0 spiro atoms. The van der Waals surface area contributed by atoms with Gasteiger partial charge < -0.3 is 14.5 Å². The number of anilines is 1. The standard InChI is InChI=1S/C25H26FN5O3/c1-29-22(32)11-21(17-8-9-27-12-20(17)26)28-25(29)30(2)24-18-13-31(14-19(18)24)23(33)10-15-4-6-16(34-3)7-5-15/h4-9,11-12,18-19,24H,10,13-14H2,1-3H3/t18-,19+,24-. The van der Waals surface area contributed by atoms with Crippen molar-refractivity contribution >= 4 is 11.9 Å². The number of methoxy groups -OCH3 is 1. The molecule has 5 rings (SSSR count). The second-order valence-electron chi connectivity index (χ2n) is 8.95. The summed E-state index contributed by atoms with van der Waals surface area (Å²) in [6, 6.07) is 10.6. The number of fused-ring (bicyclic) bond motifs is 1. The molecule has 1 saturated heterocycles. The zero-order valence-corrected chi connectivity index (χ0v) is 19.3. The minimum Gasteiger partial charge on any atom is -0.497 e. The van der Waals surface area contributed by atoms with Crippen molar-refractivity contribution in [3.63, 3.8) is 0 Å². The van der Waals surface area contributed by atoms with E-state index in [0.717, 1.165) is 17.5 Å². The van der Waals surface area contributed by atoms with E-state index in [-0.39, 0.29) is 28.8 Å². The number of hydrogen-bond donors (Lipinski definition) is 0. The van der Waals surface area contributed by atoms with Crippen molar-refractivity contribution in [1.82, 2.24) is 19.4 Å². The molecule has 0 unspecified atom stereocenters. The van der Waals surface area contributed by atoms with Crippen LogP contribution in [0.3, 0.4) is 0 Å². The van der Waals surface area contributed by atoms with E-state index in [9.17, 15) is 14.0 Å². The number of halogens is 1. The van der Waals surface area contributed by atoms with Gasteiger partial charge in [0.25, 0.3) is 5.56 Å². The Balaban J connectivity index is 1.27. The smallest absolute Gasteiger partial charge is 0.255 e. The Morgan fingerprint density at radius 2 is 1.91 bits per heavy atom. The highest BCUT2D eigenvalue weighted by Gasteiger charge is 2.59. The normalized spacial score (nSPS) is 20.7. The fourth-order valence-electron chi connectivity index (χ4n) is 5.00. The fourth-order valence-corrected chi connectivity index (χ4v) is 5.00. The molecule has 2 fully saturated rings. The molecule has 34 heavy (non-hydrogen) atoms. The van der Waals surface area contributed by atoms with Crippen LogP contribution in [0, 0.1) is 17.7 Å². The van der Waals surface area contributed by atoms with Crippen LogP contribution in [0.2, 0.25) is 0 Å². The third-order valence-corrected chi connectivity index (χ3v) is 6.94. The summed E-state index contributed by atoms with van der Waals surface area (Å²) < 4.78 is 20.9. The molecule has 2 aliphatic rings. The van der Waals surface area contributed by atoms with Gasteiger partial charge in [-0.25, -0.2) is 9.37 Å². The largest absolute Gasteiger partial charge is 0.497 e. The lowest BCUT2D eigenvalue weighted by Crippen LogP contribution is -2.38. The molecule has 176 valence electrons. The molecular formula is C25H26FN5O3. The van der Waals surface area contributed by atoms with Crippen molar-refractivity contribution in [2.45, 2.75) is 12.5 Å². The topological polar surface area (TPSA) is 80.6 Å². The molecule has 1 aliphatic heterocycles. The zero-order chi connectivity index (χ0) is 24.0. The molecule has 8 nitrogen and oxygen atoms in total. The summed E-state index contributed by atoms with van der Waals surface area (Å²) in [5.74, 6) is 1.48. The first-order valence-corrected chi connectivity index (χ1v) is 11.2. The quantitative estimate of drug-likeness (QED) is 0.557. The van der Waals surface area contributed by atoms with Crippen molar-refractivity contribution in [3.05, 3.63) is 70.5 Å². The zero-order valence-electron chi connectivity index (χ0n) is 19.3. The molecule has 1 saturated carbocycles. The molecule has 3 aromatic rings. The minimum atomic E-state index is -0.522. The predicted molar refractivity (Wildman–Crippen MR) is 125 cm³/mol. The van der Waals surface area contributed by atoms with Gasteiger partial charge in [-0.05, 0) is 23.8 Å². The number of hydrogen-bond acceptors (Lipinski definition) is 6. The van der Waals surface area contributed by atoms with Crippen molar-refractivity contribution in [3.8, 4) is 17.0 Å². The molecule has 1 aliphatic carbocycles. The average molecular weight is 464 g/mol. The average Bonchev–Trinajstić information content (AvgIpc) is 3.33. The maximum atomic E-state index is 14.2. The number of pyridine rings is 1. The summed E-state index contributed by atoms with van der Waals surface area (Å²) in [4.78, 5) is 37.7. The van der Waals surface area contributed by atoms with Crippen LogP contribution >= 0.6 is 0 Å². The first-order valence-electron chi connectivity index (χ1n) is 11.2. The van der Waals surface area contributed by atoms with E-state index in [1.165, 1.54) is 22.9 Å². The van der Waals surface area contributed by atoms with E-state index in [1.54, 1.807) is 14.2 Å². The van der Waals surface area contributed by atoms with E-state index < -0.39 is 5.82 Å². The first kappa shape index (κ1) is 22.1. The summed E-state index contributed by atoms with van der Waals surface area (Å²) >= 11 is 0. The van der Waals surface area contributed by atoms with Crippen LogP contribution in [0.5, 0.6) is 5.75 Å². The summed E-state index contributed by atoms with van der Waals surface area (Å²) in [5, 5.41) is 0. The number of carbonyl (C=O) groups is 1. The van der Waals surface area contributed by atoms with Crippen LogP contribution in [0.1, 0.15) is 5.56 Å². The molecule has 2 aromatic heterocycles. The van der Waals surface area contributed by atoms with E-state index in [2.05, 4.69) is 9.97 Å². The molecule has 0 N–H and O–H groups in total. The third kappa shape index (κ3) is 3.91. The van der Waals surface area contributed by atoms with E-state index in [1.807, 2.05) is 41.1 Å². The number of nitrogens with zero attached hydrogens (tertiary/aromatic N) is 5. The molecule has 1 amide bonds. The molecule has 0 radical (unpaired) electrons. The highest BCUT2D eigenvalue weighted by Crippen LogP contribution is 2.49. The van der Waals surface area contributed by atoms with Gasteiger partial charge in [-0.3, -0.25) is 19.1 Å². The van der Waals surface area contributed by atoms with Crippen molar-refractivity contribution < 1.29 is 13.9 Å². The lowest BCUT2D eigenvalue weighted by molar-refractivity contribution is -0.130. The van der Waals surface area contributed by atoms with E-state index in [0.29, 0.717) is 37.3 Å². The lowest BCUT2D eigenvalue weighted by Gasteiger charge is -2.26. The molecule has 3 heterocycles. The summed E-state index contributed by atoms with van der Waals surface area (Å²) in [7, 11) is 5.18. The number of benzene rings is 1. The maximum absolute atomic E-state index is 14.2. The maximum Gasteiger partial charge on any atom is 0.255 e. The molecule has 9 heteroatoms. The highest BCUT2D eigenvalue weighted by atomic mass is 19.1. The summed E-state index contributed by atoms with van der Waals surface area (Å²) in [6.07, 6.45) is 2.95. The van der Waals surface area contributed by atoms with Gasteiger partial charge in [-0.1, -0.05) is 12.1 Å². The van der Waals surface area contributed by atoms with Gasteiger partial charge in [0, 0.05) is 62.9 Å². The SMILES string of the molecule is COc1ccc(CC(=O)N2C[C@@H]3[C@H](C2)[C@@H]3N(C)c2nc(-c3ccncc3F)cc(=O)n2C)cc1. The number of ether oxygens (including phenoxy) is 1. The highest BCUT2D eigenvalue weighted by molar-refractivity contribution is 5.79. The van der Waals surface area contributed by atoms with E-state index in [4.69, 9.17) is 4.74 Å². The molecular weight excluding hydrogens is 437 g/mol. The second kappa shape index (κ2) is 8.55. The number of aromatic nitrogens is 3. The second-order valence-corrected chi connectivity index (χ2v) is 8.95. The Labute approximate surface area is 196 Å². The van der Waals surface area contributed by atoms with Crippen LogP contribution in [-0.4, -0.2) is 58.6 Å². The third-order valence-electron chi connectivity index (χ3n) is 6.94.